The van der Waals surface area contributed by atoms with E-state index in [1.54, 1.807) is 0 Å². The number of nitro groups is 1. The molecule has 37 heavy (non-hydrogen) atoms. The lowest BCUT2D eigenvalue weighted by atomic mass is 10.2. The highest BCUT2D eigenvalue weighted by atomic mass is 35.5. The number of carbonyl (C=O) groups excluding carboxylic acids is 3. The Morgan fingerprint density at radius 3 is 2.30 bits per heavy atom. The van der Waals surface area contributed by atoms with Crippen LogP contribution in [0.2, 0.25) is 0 Å². The van der Waals surface area contributed by atoms with Crippen LogP contribution in [0.5, 0.6) is 5.75 Å². The van der Waals surface area contributed by atoms with Gasteiger partial charge in [-0.3, -0.25) is 19.7 Å². The molecule has 0 saturated heterocycles. The van der Waals surface area contributed by atoms with Crippen LogP contribution < -0.4 is 15.0 Å². The molecule has 0 aliphatic carbocycles. The van der Waals surface area contributed by atoms with Gasteiger partial charge in [0.05, 0.1) is 21.7 Å². The molecule has 1 N–H and O–H groups in total. The fourth-order valence-electron chi connectivity index (χ4n) is 3.35. The van der Waals surface area contributed by atoms with Crippen LogP contribution in [0.1, 0.15) is 15.9 Å². The summed E-state index contributed by atoms with van der Waals surface area (Å²) in [5.74, 6) is -3.13. The van der Waals surface area contributed by atoms with E-state index in [9.17, 15) is 37.7 Å². The number of esters is 1. The Morgan fingerprint density at radius 1 is 0.973 bits per heavy atom. The van der Waals surface area contributed by atoms with Crippen LogP contribution in [0.15, 0.2) is 83.5 Å². The first-order chi connectivity index (χ1) is 17.5. The quantitative estimate of drug-likeness (QED) is 0.151. The molecule has 2 amide bonds. The lowest BCUT2D eigenvalue weighted by molar-refractivity contribution is -0.385. The van der Waals surface area contributed by atoms with E-state index < -0.39 is 45.2 Å². The van der Waals surface area contributed by atoms with E-state index in [4.69, 9.17) is 16.3 Å². The number of nitrogens with zero attached hydrogens (tertiary/aromatic N) is 2. The maximum absolute atomic E-state index is 13.1. The van der Waals surface area contributed by atoms with Crippen LogP contribution in [0.25, 0.3) is 0 Å². The number of nitro benzene ring substituents is 1. The minimum Gasteiger partial charge on any atom is -0.416 e. The first kappa shape index (κ1) is 25.4. The highest BCUT2D eigenvalue weighted by Crippen LogP contribution is 2.35. The highest BCUT2D eigenvalue weighted by molar-refractivity contribution is 6.53. The monoisotopic (exact) mass is 531 g/mol. The van der Waals surface area contributed by atoms with Crippen molar-refractivity contribution in [2.75, 3.05) is 10.2 Å². The minimum absolute atomic E-state index is 0.0168. The van der Waals surface area contributed by atoms with Crippen molar-refractivity contribution >= 4 is 46.4 Å². The van der Waals surface area contributed by atoms with Gasteiger partial charge in [-0.25, -0.2) is 9.69 Å². The second-order valence-corrected chi connectivity index (χ2v) is 7.88. The van der Waals surface area contributed by atoms with E-state index in [0.29, 0.717) is 11.0 Å². The van der Waals surface area contributed by atoms with Gasteiger partial charge in [-0.1, -0.05) is 29.8 Å². The van der Waals surface area contributed by atoms with Gasteiger partial charge in [0.1, 0.15) is 10.7 Å². The fourth-order valence-corrected chi connectivity index (χ4v) is 3.57. The van der Waals surface area contributed by atoms with Crippen LogP contribution >= 0.6 is 11.6 Å². The van der Waals surface area contributed by atoms with Gasteiger partial charge in [-0.05, 0) is 48.5 Å². The van der Waals surface area contributed by atoms with Gasteiger partial charge in [0.2, 0.25) is 5.75 Å². The summed E-state index contributed by atoms with van der Waals surface area (Å²) in [4.78, 5) is 48.7. The Hall–Kier alpha value is -4.71. The average Bonchev–Trinajstić information content (AvgIpc) is 3.07. The Morgan fingerprint density at radius 2 is 1.65 bits per heavy atom. The summed E-state index contributed by atoms with van der Waals surface area (Å²) < 4.78 is 44.3. The number of halogens is 4. The van der Waals surface area contributed by atoms with Gasteiger partial charge in [0, 0.05) is 11.8 Å². The maximum Gasteiger partial charge on any atom is 0.416 e. The van der Waals surface area contributed by atoms with Crippen molar-refractivity contribution in [2.24, 2.45) is 0 Å². The van der Waals surface area contributed by atoms with E-state index in [1.807, 2.05) is 0 Å². The normalized spacial score (nSPS) is 13.7. The van der Waals surface area contributed by atoms with Crippen LogP contribution in [0.4, 0.5) is 30.2 Å². The SMILES string of the molecule is O=C(Oc1ccccc1[N+](=O)[O-])c1ccc(NC2=C(Cl)C(=O)N(c3cccc(C(F)(F)F)c3)C2=O)cc1. The third-order valence-electron chi connectivity index (χ3n) is 5.11. The number of anilines is 2. The molecular formula is C24H13ClF3N3O6. The molecule has 0 fully saturated rings. The largest absolute Gasteiger partial charge is 0.416 e. The summed E-state index contributed by atoms with van der Waals surface area (Å²) in [6.07, 6.45) is -4.69. The maximum atomic E-state index is 13.1. The Kier molecular flexibility index (Phi) is 6.68. The third kappa shape index (κ3) is 5.14. The number of para-hydroxylation sites is 2. The summed E-state index contributed by atoms with van der Waals surface area (Å²) in [6.45, 7) is 0. The van der Waals surface area contributed by atoms with Crippen LogP contribution in [0, 0.1) is 10.1 Å². The van der Waals surface area contributed by atoms with E-state index in [0.717, 1.165) is 18.2 Å². The second-order valence-electron chi connectivity index (χ2n) is 7.50. The lowest BCUT2D eigenvalue weighted by Crippen LogP contribution is -2.32. The molecule has 0 bridgehead atoms. The summed E-state index contributed by atoms with van der Waals surface area (Å²) in [6, 6.07) is 14.3. The van der Waals surface area contributed by atoms with E-state index in [1.165, 1.54) is 48.5 Å². The Labute approximate surface area is 210 Å². The summed E-state index contributed by atoms with van der Waals surface area (Å²) in [5.41, 5.74) is -1.91. The molecular weight excluding hydrogens is 519 g/mol. The van der Waals surface area contributed by atoms with Gasteiger partial charge >= 0.3 is 17.8 Å². The zero-order valence-electron chi connectivity index (χ0n) is 18.3. The van der Waals surface area contributed by atoms with Gasteiger partial charge < -0.3 is 10.1 Å². The molecule has 4 rings (SSSR count). The molecule has 0 atom stereocenters. The first-order valence-corrected chi connectivity index (χ1v) is 10.6. The molecule has 0 aromatic heterocycles. The van der Waals surface area contributed by atoms with E-state index >= 15 is 0 Å². The minimum atomic E-state index is -4.69. The number of imide groups is 1. The molecule has 3 aromatic rings. The number of rotatable bonds is 6. The van der Waals surface area contributed by atoms with Crippen LogP contribution in [0.3, 0.4) is 0 Å². The standard InChI is InChI=1S/C24H13ClF3N3O6/c25-19-20(22(33)30(21(19)32)16-5-3-4-14(12-16)24(26,27)28)29-15-10-8-13(9-11-15)23(34)37-18-7-2-1-6-17(18)31(35)36/h1-12,29H. The summed E-state index contributed by atoms with van der Waals surface area (Å²) in [5, 5.41) is 13.2. The first-order valence-electron chi connectivity index (χ1n) is 10.3. The molecule has 3 aromatic carbocycles. The van der Waals surface area contributed by atoms with Gasteiger partial charge in [-0.15, -0.1) is 0 Å². The topological polar surface area (TPSA) is 119 Å². The molecule has 1 aliphatic heterocycles. The molecule has 13 heteroatoms. The van der Waals surface area contributed by atoms with Crippen molar-refractivity contribution in [1.29, 1.82) is 0 Å². The fraction of sp³-hybridized carbons (Fsp3) is 0.0417. The number of hydrogen-bond donors (Lipinski definition) is 1. The van der Waals surface area contributed by atoms with Crippen molar-refractivity contribution in [3.8, 4) is 5.75 Å². The number of alkyl halides is 3. The van der Waals surface area contributed by atoms with E-state index in [-0.39, 0.29) is 28.4 Å². The number of ether oxygens (including phenoxy) is 1. The number of carbonyl (C=O) groups is 3. The van der Waals surface area contributed by atoms with Crippen molar-refractivity contribution in [3.05, 3.63) is 105 Å². The van der Waals surface area contributed by atoms with E-state index in [2.05, 4.69) is 5.32 Å². The number of benzene rings is 3. The van der Waals surface area contributed by atoms with Crippen molar-refractivity contribution in [3.63, 3.8) is 0 Å². The Bertz CT molecular complexity index is 1470. The third-order valence-corrected chi connectivity index (χ3v) is 5.46. The molecule has 9 nitrogen and oxygen atoms in total. The number of hydrogen-bond acceptors (Lipinski definition) is 7. The number of nitrogens with one attached hydrogen (secondary N) is 1. The molecule has 0 unspecified atom stereocenters. The van der Waals surface area contributed by atoms with Gasteiger partial charge in [0.15, 0.2) is 0 Å². The average molecular weight is 532 g/mol. The number of amides is 2. The summed E-state index contributed by atoms with van der Waals surface area (Å²) in [7, 11) is 0. The molecule has 0 radical (unpaired) electrons. The molecule has 188 valence electrons. The van der Waals surface area contributed by atoms with Gasteiger partial charge in [0.25, 0.3) is 11.8 Å². The van der Waals surface area contributed by atoms with Crippen LogP contribution in [-0.2, 0) is 15.8 Å². The molecule has 0 spiro atoms. The zero-order chi connectivity index (χ0) is 26.9. The highest BCUT2D eigenvalue weighted by Gasteiger charge is 2.40. The van der Waals surface area contributed by atoms with Crippen molar-refractivity contribution in [2.45, 2.75) is 6.18 Å². The zero-order valence-corrected chi connectivity index (χ0v) is 19.0. The molecule has 1 heterocycles. The predicted octanol–water partition coefficient (Wildman–Crippen LogP) is 5.27. The summed E-state index contributed by atoms with van der Waals surface area (Å²) >= 11 is 6.01. The Balaban J connectivity index is 1.50. The van der Waals surface area contributed by atoms with Crippen LogP contribution in [-0.4, -0.2) is 22.7 Å². The second kappa shape index (κ2) is 9.74. The lowest BCUT2D eigenvalue weighted by Gasteiger charge is -2.17. The smallest absolute Gasteiger partial charge is 0.416 e. The van der Waals surface area contributed by atoms with Crippen molar-refractivity contribution < 1.29 is 37.2 Å². The molecule has 0 saturated carbocycles. The predicted molar refractivity (Wildman–Crippen MR) is 125 cm³/mol. The molecule has 1 aliphatic rings. The van der Waals surface area contributed by atoms with Crippen molar-refractivity contribution in [1.82, 2.24) is 0 Å². The van der Waals surface area contributed by atoms with Gasteiger partial charge in [-0.2, -0.15) is 13.2 Å².